The molecule has 2 atom stereocenters. The summed E-state index contributed by atoms with van der Waals surface area (Å²) in [5.74, 6) is -5.00. The molecule has 0 bridgehead atoms. The van der Waals surface area contributed by atoms with Gasteiger partial charge in [0.1, 0.15) is 23.2 Å². The molecular formula is C23H22F3N3O4. The van der Waals surface area contributed by atoms with E-state index < -0.39 is 46.6 Å². The topological polar surface area (TPSA) is 104 Å². The van der Waals surface area contributed by atoms with Crippen LogP contribution in [-0.4, -0.2) is 34.2 Å². The van der Waals surface area contributed by atoms with Crippen LogP contribution in [0.15, 0.2) is 35.3 Å². The van der Waals surface area contributed by atoms with Crippen molar-refractivity contribution in [2.45, 2.75) is 31.7 Å². The summed E-state index contributed by atoms with van der Waals surface area (Å²) in [6.07, 6.45) is 1.72. The number of aromatic nitrogens is 2. The van der Waals surface area contributed by atoms with E-state index in [-0.39, 0.29) is 28.1 Å². The van der Waals surface area contributed by atoms with Crippen molar-refractivity contribution in [2.75, 3.05) is 13.2 Å². The molecule has 1 aromatic carbocycles. The third-order valence-corrected chi connectivity index (χ3v) is 5.92. The van der Waals surface area contributed by atoms with Crippen molar-refractivity contribution < 1.29 is 27.8 Å². The predicted molar refractivity (Wildman–Crippen MR) is 113 cm³/mol. The molecule has 174 valence electrons. The number of H-pyrrole nitrogens is 1. The van der Waals surface area contributed by atoms with Crippen molar-refractivity contribution in [1.29, 1.82) is 0 Å². The van der Waals surface area contributed by atoms with E-state index in [9.17, 15) is 27.9 Å². The molecule has 0 aliphatic carbocycles. The molecule has 3 aromatic rings. The second-order valence-electron chi connectivity index (χ2n) is 8.08. The van der Waals surface area contributed by atoms with Crippen molar-refractivity contribution >= 4 is 16.8 Å². The first-order valence-corrected chi connectivity index (χ1v) is 10.5. The Morgan fingerprint density at radius 1 is 1.21 bits per heavy atom. The van der Waals surface area contributed by atoms with E-state index in [0.717, 1.165) is 18.3 Å². The number of ether oxygens (including phenoxy) is 1. The molecule has 1 aliphatic heterocycles. The largest absolute Gasteiger partial charge is 0.507 e. The quantitative estimate of drug-likeness (QED) is 0.540. The molecule has 4 rings (SSSR count). The van der Waals surface area contributed by atoms with Gasteiger partial charge in [0.25, 0.3) is 5.56 Å². The van der Waals surface area contributed by atoms with Crippen molar-refractivity contribution in [1.82, 2.24) is 15.3 Å². The maximum Gasteiger partial charge on any atom is 0.256 e. The van der Waals surface area contributed by atoms with Crippen LogP contribution in [0.5, 0.6) is 5.75 Å². The van der Waals surface area contributed by atoms with Crippen LogP contribution in [0.2, 0.25) is 0 Å². The van der Waals surface area contributed by atoms with E-state index in [1.165, 1.54) is 13.0 Å². The van der Waals surface area contributed by atoms with Crippen LogP contribution in [0.1, 0.15) is 43.0 Å². The maximum absolute atomic E-state index is 14.2. The van der Waals surface area contributed by atoms with Gasteiger partial charge in [-0.25, -0.2) is 13.2 Å². The molecule has 10 heteroatoms. The zero-order chi connectivity index (χ0) is 23.7. The summed E-state index contributed by atoms with van der Waals surface area (Å²) in [6, 6.07) is 3.26. The maximum atomic E-state index is 14.2. The number of carbonyl (C=O) groups excluding carboxylic acids is 1. The lowest BCUT2D eigenvalue weighted by Gasteiger charge is -2.30. The van der Waals surface area contributed by atoms with Gasteiger partial charge in [0.15, 0.2) is 0 Å². The van der Waals surface area contributed by atoms with Gasteiger partial charge in [-0.05, 0) is 43.9 Å². The SMILES string of the molecule is C[C@H](NC(=O)[C@@H](c1c(O)c2cc(F)ccc2[nH]c1=O)C1CCOCC1)c1ncc(F)cc1F. The van der Waals surface area contributed by atoms with Gasteiger partial charge in [-0.3, -0.25) is 14.6 Å². The molecule has 7 nitrogen and oxygen atoms in total. The van der Waals surface area contributed by atoms with Gasteiger partial charge in [-0.15, -0.1) is 0 Å². The first kappa shape index (κ1) is 22.8. The van der Waals surface area contributed by atoms with Crippen LogP contribution in [-0.2, 0) is 9.53 Å². The fourth-order valence-electron chi connectivity index (χ4n) is 4.30. The number of aromatic amines is 1. The highest BCUT2D eigenvalue weighted by atomic mass is 19.1. The minimum Gasteiger partial charge on any atom is -0.507 e. The molecule has 3 heterocycles. The molecular weight excluding hydrogens is 439 g/mol. The summed E-state index contributed by atoms with van der Waals surface area (Å²) in [6.45, 7) is 2.19. The highest BCUT2D eigenvalue weighted by Crippen LogP contribution is 2.38. The zero-order valence-corrected chi connectivity index (χ0v) is 17.7. The number of fused-ring (bicyclic) bond motifs is 1. The molecule has 0 unspecified atom stereocenters. The Morgan fingerprint density at radius 3 is 2.64 bits per heavy atom. The second kappa shape index (κ2) is 9.22. The van der Waals surface area contributed by atoms with Crippen LogP contribution in [0.25, 0.3) is 10.9 Å². The lowest BCUT2D eigenvalue weighted by molar-refractivity contribution is -0.125. The van der Waals surface area contributed by atoms with E-state index >= 15 is 0 Å². The van der Waals surface area contributed by atoms with Crippen LogP contribution < -0.4 is 10.9 Å². The number of amides is 1. The third-order valence-electron chi connectivity index (χ3n) is 5.92. The Kier molecular flexibility index (Phi) is 6.37. The number of hydrogen-bond donors (Lipinski definition) is 3. The summed E-state index contributed by atoms with van der Waals surface area (Å²) in [5.41, 5.74) is -0.830. The lowest BCUT2D eigenvalue weighted by Crippen LogP contribution is -2.39. The Morgan fingerprint density at radius 2 is 1.94 bits per heavy atom. The van der Waals surface area contributed by atoms with Gasteiger partial charge in [0, 0.05) is 24.7 Å². The fourth-order valence-corrected chi connectivity index (χ4v) is 4.30. The molecule has 0 saturated carbocycles. The van der Waals surface area contributed by atoms with Crippen LogP contribution in [0.3, 0.4) is 0 Å². The second-order valence-corrected chi connectivity index (χ2v) is 8.08. The highest BCUT2D eigenvalue weighted by Gasteiger charge is 2.36. The van der Waals surface area contributed by atoms with E-state index in [0.29, 0.717) is 32.1 Å². The summed E-state index contributed by atoms with van der Waals surface area (Å²) in [7, 11) is 0. The monoisotopic (exact) mass is 461 g/mol. The summed E-state index contributed by atoms with van der Waals surface area (Å²) in [5, 5.41) is 13.6. The Balaban J connectivity index is 1.76. The number of hydrogen-bond acceptors (Lipinski definition) is 5. The van der Waals surface area contributed by atoms with Gasteiger partial charge in [0.05, 0.1) is 34.9 Å². The Hall–Kier alpha value is -3.40. The number of pyridine rings is 2. The summed E-state index contributed by atoms with van der Waals surface area (Å²) in [4.78, 5) is 32.6. The molecule has 1 amide bonds. The molecule has 1 fully saturated rings. The third kappa shape index (κ3) is 4.56. The number of carbonyl (C=O) groups is 1. The molecule has 33 heavy (non-hydrogen) atoms. The first-order chi connectivity index (χ1) is 15.8. The van der Waals surface area contributed by atoms with E-state index in [2.05, 4.69) is 15.3 Å². The van der Waals surface area contributed by atoms with Gasteiger partial charge in [-0.1, -0.05) is 0 Å². The molecule has 0 spiro atoms. The van der Waals surface area contributed by atoms with Gasteiger partial charge >= 0.3 is 0 Å². The number of nitrogens with one attached hydrogen (secondary N) is 2. The van der Waals surface area contributed by atoms with Crippen LogP contribution >= 0.6 is 0 Å². The minimum absolute atomic E-state index is 0.0637. The highest BCUT2D eigenvalue weighted by molar-refractivity contribution is 5.90. The number of rotatable bonds is 5. The number of nitrogens with zero attached hydrogens (tertiary/aromatic N) is 1. The predicted octanol–water partition coefficient (Wildman–Crippen LogP) is 3.43. The van der Waals surface area contributed by atoms with Crippen LogP contribution in [0, 0.1) is 23.4 Å². The summed E-state index contributed by atoms with van der Waals surface area (Å²) < 4.78 is 46.6. The van der Waals surface area contributed by atoms with Gasteiger partial charge in [0.2, 0.25) is 5.91 Å². The normalized spacial score (nSPS) is 16.5. The average Bonchev–Trinajstić information content (AvgIpc) is 2.77. The molecule has 0 radical (unpaired) electrons. The zero-order valence-electron chi connectivity index (χ0n) is 17.7. The van der Waals surface area contributed by atoms with Gasteiger partial charge < -0.3 is 20.1 Å². The molecule has 1 saturated heterocycles. The standard InChI is InChI=1S/C23H22F3N3O4/c1-11(20-16(26)9-14(25)10-27-20)28-22(31)18(12-4-6-33-7-5-12)19-21(30)15-8-13(24)2-3-17(15)29-23(19)32/h2-3,8-12,18H,4-7H2,1H3,(H,28,31)(H2,29,30,32)/t11-,18+/m0/s1. The minimum atomic E-state index is -1.11. The Labute approximate surface area is 186 Å². The van der Waals surface area contributed by atoms with E-state index in [1.807, 2.05) is 0 Å². The van der Waals surface area contributed by atoms with Crippen molar-refractivity contribution in [3.63, 3.8) is 0 Å². The van der Waals surface area contributed by atoms with Crippen molar-refractivity contribution in [2.24, 2.45) is 5.92 Å². The lowest BCUT2D eigenvalue weighted by atomic mass is 9.80. The van der Waals surface area contributed by atoms with Gasteiger partial charge in [-0.2, -0.15) is 0 Å². The molecule has 1 aliphatic rings. The summed E-state index contributed by atoms with van der Waals surface area (Å²) >= 11 is 0. The fraction of sp³-hybridized carbons (Fsp3) is 0.348. The van der Waals surface area contributed by atoms with E-state index in [1.54, 1.807) is 0 Å². The van der Waals surface area contributed by atoms with E-state index in [4.69, 9.17) is 4.74 Å². The average molecular weight is 461 g/mol. The number of benzene rings is 1. The molecule has 2 aromatic heterocycles. The van der Waals surface area contributed by atoms with Crippen LogP contribution in [0.4, 0.5) is 13.2 Å². The van der Waals surface area contributed by atoms with Crippen molar-refractivity contribution in [3.05, 3.63) is 69.5 Å². The number of aromatic hydroxyl groups is 1. The first-order valence-electron chi connectivity index (χ1n) is 10.5. The van der Waals surface area contributed by atoms with Crippen molar-refractivity contribution in [3.8, 4) is 5.75 Å². The Bertz CT molecular complexity index is 1260. The number of halogens is 3. The molecule has 3 N–H and O–H groups in total. The smallest absolute Gasteiger partial charge is 0.256 e.